The van der Waals surface area contributed by atoms with Crippen molar-refractivity contribution in [2.75, 3.05) is 0 Å². The van der Waals surface area contributed by atoms with Crippen molar-refractivity contribution >= 4 is 12.2 Å². The topological polar surface area (TPSA) is 73.3 Å². The summed E-state index contributed by atoms with van der Waals surface area (Å²) < 4.78 is 4.83. The summed E-state index contributed by atoms with van der Waals surface area (Å²) >= 11 is 0. The van der Waals surface area contributed by atoms with Crippen LogP contribution < -0.4 is 5.73 Å². The van der Waals surface area contributed by atoms with Crippen LogP contribution in [0.5, 0.6) is 0 Å². The smallest absolute Gasteiger partial charge is 0.293 e. The molecule has 0 unspecified atom stereocenters. The molecule has 1 rings (SSSR count). The van der Waals surface area contributed by atoms with Gasteiger partial charge in [-0.3, -0.25) is 9.59 Å². The van der Waals surface area contributed by atoms with Gasteiger partial charge < -0.3 is 10.2 Å². The highest BCUT2D eigenvalue weighted by Crippen LogP contribution is 2.02. The third kappa shape index (κ3) is 1.99. The van der Waals surface area contributed by atoms with E-state index in [1.807, 2.05) is 0 Å². The average Bonchev–Trinajstić information content (AvgIpc) is 2.48. The van der Waals surface area contributed by atoms with Crippen LogP contribution in [0, 0.1) is 11.8 Å². The summed E-state index contributed by atoms with van der Waals surface area (Å²) in [6.07, 6.45) is 0.551. The standard InChI is InChI=1S/C8H5NO3/c9-8(11)4-3-6-1-2-7(5-10)12-6/h1-2,5H,(H2,9,11). The van der Waals surface area contributed by atoms with Crippen LogP contribution >= 0.6 is 0 Å². The molecule has 1 aromatic heterocycles. The highest BCUT2D eigenvalue weighted by molar-refractivity contribution is 5.92. The normalized spacial score (nSPS) is 8.33. The van der Waals surface area contributed by atoms with Gasteiger partial charge in [0.2, 0.25) is 0 Å². The van der Waals surface area contributed by atoms with Gasteiger partial charge in [-0.15, -0.1) is 0 Å². The molecular weight excluding hydrogens is 158 g/mol. The van der Waals surface area contributed by atoms with Crippen LogP contribution in [-0.4, -0.2) is 12.2 Å². The fraction of sp³-hybridized carbons (Fsp3) is 0. The lowest BCUT2D eigenvalue weighted by Gasteiger charge is -1.77. The number of hydrogen-bond acceptors (Lipinski definition) is 3. The molecule has 1 heterocycles. The molecule has 4 heteroatoms. The highest BCUT2D eigenvalue weighted by atomic mass is 16.3. The minimum Gasteiger partial charge on any atom is -0.445 e. The number of nitrogens with two attached hydrogens (primary N) is 1. The summed E-state index contributed by atoms with van der Waals surface area (Å²) in [5.74, 6) is 4.11. The molecule has 0 aliphatic rings. The Kier molecular flexibility index (Phi) is 2.29. The van der Waals surface area contributed by atoms with E-state index in [2.05, 4.69) is 11.8 Å². The predicted octanol–water partition coefficient (Wildman–Crippen LogP) is -0.0711. The minimum atomic E-state index is -0.737. The molecule has 0 bridgehead atoms. The lowest BCUT2D eigenvalue weighted by Crippen LogP contribution is -2.05. The van der Waals surface area contributed by atoms with Crippen molar-refractivity contribution < 1.29 is 14.0 Å². The Labute approximate surface area is 68.3 Å². The Hall–Kier alpha value is -2.02. The van der Waals surface area contributed by atoms with Crippen molar-refractivity contribution in [1.29, 1.82) is 0 Å². The molecule has 60 valence electrons. The largest absolute Gasteiger partial charge is 0.445 e. The van der Waals surface area contributed by atoms with Crippen LogP contribution in [0.4, 0.5) is 0 Å². The van der Waals surface area contributed by atoms with Crippen LogP contribution in [0.15, 0.2) is 16.5 Å². The number of hydrogen-bond donors (Lipinski definition) is 1. The number of rotatable bonds is 1. The number of carbonyl (C=O) groups excluding carboxylic acids is 2. The molecule has 0 radical (unpaired) electrons. The van der Waals surface area contributed by atoms with Crippen LogP contribution in [0.2, 0.25) is 0 Å². The molecule has 2 N–H and O–H groups in total. The number of carbonyl (C=O) groups is 2. The van der Waals surface area contributed by atoms with Gasteiger partial charge in [0.1, 0.15) is 0 Å². The molecule has 0 fully saturated rings. The Bertz CT molecular complexity index is 367. The van der Waals surface area contributed by atoms with Crippen molar-refractivity contribution in [2.45, 2.75) is 0 Å². The Morgan fingerprint density at radius 1 is 1.58 bits per heavy atom. The summed E-state index contributed by atoms with van der Waals surface area (Å²) in [7, 11) is 0. The molecule has 0 aromatic carbocycles. The summed E-state index contributed by atoms with van der Waals surface area (Å²) in [5.41, 5.74) is 4.76. The van der Waals surface area contributed by atoms with Gasteiger partial charge in [0.15, 0.2) is 17.8 Å². The zero-order chi connectivity index (χ0) is 8.97. The number of amides is 1. The van der Waals surface area contributed by atoms with Gasteiger partial charge >= 0.3 is 0 Å². The second-order valence-corrected chi connectivity index (χ2v) is 1.93. The fourth-order valence-corrected chi connectivity index (χ4v) is 0.607. The Balaban J connectivity index is 2.85. The zero-order valence-corrected chi connectivity index (χ0v) is 6.03. The van der Waals surface area contributed by atoms with Gasteiger partial charge in [0, 0.05) is 5.92 Å². The van der Waals surface area contributed by atoms with Gasteiger partial charge in [0.05, 0.1) is 0 Å². The third-order valence-electron chi connectivity index (χ3n) is 1.05. The van der Waals surface area contributed by atoms with Gasteiger partial charge in [-0.2, -0.15) is 0 Å². The van der Waals surface area contributed by atoms with Gasteiger partial charge in [-0.05, 0) is 18.1 Å². The molecule has 1 aromatic rings. The molecular formula is C8H5NO3. The summed E-state index contributed by atoms with van der Waals surface area (Å²) in [6.45, 7) is 0. The molecule has 1 amide bonds. The minimum absolute atomic E-state index is 0.170. The first kappa shape index (κ1) is 8.08. The fourth-order valence-electron chi connectivity index (χ4n) is 0.607. The molecule has 0 aliphatic heterocycles. The first-order valence-corrected chi connectivity index (χ1v) is 3.09. The number of furan rings is 1. The van der Waals surface area contributed by atoms with Crippen molar-refractivity contribution in [3.8, 4) is 11.8 Å². The molecule has 12 heavy (non-hydrogen) atoms. The van der Waals surface area contributed by atoms with E-state index >= 15 is 0 Å². The van der Waals surface area contributed by atoms with E-state index in [0.717, 1.165) is 0 Å². The second kappa shape index (κ2) is 3.39. The van der Waals surface area contributed by atoms with Gasteiger partial charge in [0.25, 0.3) is 5.91 Å². The lowest BCUT2D eigenvalue weighted by atomic mass is 10.4. The van der Waals surface area contributed by atoms with E-state index in [0.29, 0.717) is 6.29 Å². The molecule has 0 spiro atoms. The highest BCUT2D eigenvalue weighted by Gasteiger charge is 1.95. The molecule has 0 saturated heterocycles. The third-order valence-corrected chi connectivity index (χ3v) is 1.05. The van der Waals surface area contributed by atoms with E-state index in [4.69, 9.17) is 10.2 Å². The van der Waals surface area contributed by atoms with E-state index in [1.165, 1.54) is 12.1 Å². The summed E-state index contributed by atoms with van der Waals surface area (Å²) in [4.78, 5) is 20.3. The predicted molar refractivity (Wildman–Crippen MR) is 40.2 cm³/mol. The lowest BCUT2D eigenvalue weighted by molar-refractivity contribution is -0.112. The Morgan fingerprint density at radius 2 is 2.33 bits per heavy atom. The molecule has 0 atom stereocenters. The zero-order valence-electron chi connectivity index (χ0n) is 6.03. The van der Waals surface area contributed by atoms with E-state index in [1.54, 1.807) is 0 Å². The first-order valence-electron chi connectivity index (χ1n) is 3.09. The van der Waals surface area contributed by atoms with Crippen molar-refractivity contribution in [1.82, 2.24) is 0 Å². The quantitative estimate of drug-likeness (QED) is 0.465. The average molecular weight is 163 g/mol. The Morgan fingerprint density at radius 3 is 2.83 bits per heavy atom. The van der Waals surface area contributed by atoms with E-state index in [-0.39, 0.29) is 11.5 Å². The number of aldehydes is 1. The van der Waals surface area contributed by atoms with E-state index in [9.17, 15) is 9.59 Å². The molecule has 0 saturated carbocycles. The van der Waals surface area contributed by atoms with Crippen LogP contribution in [0.3, 0.4) is 0 Å². The maximum absolute atomic E-state index is 10.2. The van der Waals surface area contributed by atoms with Crippen molar-refractivity contribution in [3.05, 3.63) is 23.7 Å². The summed E-state index contributed by atoms with van der Waals surface area (Å²) in [6, 6.07) is 2.94. The van der Waals surface area contributed by atoms with Crippen LogP contribution in [0.1, 0.15) is 16.3 Å². The number of primary amides is 1. The summed E-state index contributed by atoms with van der Waals surface area (Å²) in [5, 5.41) is 0. The molecule has 0 aliphatic carbocycles. The monoisotopic (exact) mass is 163 g/mol. The van der Waals surface area contributed by atoms with Gasteiger partial charge in [-0.1, -0.05) is 0 Å². The SMILES string of the molecule is NC(=O)C#Cc1ccc(C=O)o1. The maximum Gasteiger partial charge on any atom is 0.293 e. The first-order chi connectivity index (χ1) is 5.72. The van der Waals surface area contributed by atoms with Crippen molar-refractivity contribution in [2.24, 2.45) is 5.73 Å². The molecule has 4 nitrogen and oxygen atoms in total. The van der Waals surface area contributed by atoms with Crippen LogP contribution in [-0.2, 0) is 4.79 Å². The maximum atomic E-state index is 10.2. The second-order valence-electron chi connectivity index (χ2n) is 1.93. The van der Waals surface area contributed by atoms with Crippen molar-refractivity contribution in [3.63, 3.8) is 0 Å². The van der Waals surface area contributed by atoms with Gasteiger partial charge in [-0.25, -0.2) is 0 Å². The van der Waals surface area contributed by atoms with E-state index < -0.39 is 5.91 Å². The van der Waals surface area contributed by atoms with Crippen LogP contribution in [0.25, 0.3) is 0 Å².